The molecule has 0 radical (unpaired) electrons. The van der Waals surface area contributed by atoms with Gasteiger partial charge in [0.2, 0.25) is 0 Å². The van der Waals surface area contributed by atoms with Crippen molar-refractivity contribution in [1.29, 1.82) is 0 Å². The van der Waals surface area contributed by atoms with E-state index in [1.165, 1.54) is 23.9 Å². The molecule has 0 saturated heterocycles. The van der Waals surface area contributed by atoms with E-state index >= 15 is 0 Å². The summed E-state index contributed by atoms with van der Waals surface area (Å²) in [4.78, 5) is -0.118. The molecule has 1 aliphatic heterocycles. The number of sulfonamides is 1. The van der Waals surface area contributed by atoms with E-state index in [-0.39, 0.29) is 10.4 Å². The van der Waals surface area contributed by atoms with Crippen LogP contribution in [0.1, 0.15) is 6.92 Å². The van der Waals surface area contributed by atoms with Crippen molar-refractivity contribution in [2.24, 2.45) is 4.40 Å². The van der Waals surface area contributed by atoms with Gasteiger partial charge in [-0.2, -0.15) is 8.42 Å². The second-order valence-corrected chi connectivity index (χ2v) is 5.90. The summed E-state index contributed by atoms with van der Waals surface area (Å²) in [5.41, 5.74) is 0.368. The van der Waals surface area contributed by atoms with Crippen LogP contribution in [0.4, 0.5) is 10.1 Å². The molecule has 17 heavy (non-hydrogen) atoms. The summed E-state index contributed by atoms with van der Waals surface area (Å²) < 4.78 is 39.9. The third-order valence-electron chi connectivity index (χ3n) is 1.95. The number of fused-ring (bicyclic) bond motifs is 1. The lowest BCUT2D eigenvalue weighted by molar-refractivity contribution is 0.592. The maximum absolute atomic E-state index is 12.9. The van der Waals surface area contributed by atoms with Gasteiger partial charge in [0, 0.05) is 0 Å². The van der Waals surface area contributed by atoms with E-state index in [0.717, 1.165) is 6.07 Å². The van der Waals surface area contributed by atoms with Gasteiger partial charge in [-0.25, -0.2) is 4.39 Å². The lowest BCUT2D eigenvalue weighted by atomic mass is 10.3. The monoisotopic (exact) mass is 278 g/mol. The van der Waals surface area contributed by atoms with Gasteiger partial charge in [0.25, 0.3) is 10.0 Å². The number of anilines is 1. The number of benzene rings is 1. The average Bonchev–Trinajstić information content (AvgIpc) is 2.19. The van der Waals surface area contributed by atoms with E-state index in [0.29, 0.717) is 16.6 Å². The minimum atomic E-state index is -3.77. The maximum Gasteiger partial charge on any atom is 0.286 e. The molecule has 0 bridgehead atoms. The average molecular weight is 278 g/mol. The second kappa shape index (κ2) is 5.03. The van der Waals surface area contributed by atoms with E-state index in [4.69, 9.17) is 0 Å². The number of halogens is 1. The molecule has 2 rings (SSSR count). The molecule has 0 amide bonds. The van der Waals surface area contributed by atoms with Crippen LogP contribution in [-0.2, 0) is 10.0 Å². The molecule has 0 spiro atoms. The van der Waals surface area contributed by atoms with Crippen LogP contribution < -0.4 is 5.32 Å². The van der Waals surface area contributed by atoms with Crippen LogP contribution in [0.3, 0.4) is 0 Å². The van der Waals surface area contributed by atoms with Crippen molar-refractivity contribution in [3.63, 3.8) is 0 Å². The molecule has 1 heterocycles. The van der Waals surface area contributed by atoms with Gasteiger partial charge in [-0.1, -0.05) is 18.7 Å². The summed E-state index contributed by atoms with van der Waals surface area (Å²) in [5.74, 6) is 0.114. The lowest BCUT2D eigenvalue weighted by Crippen LogP contribution is -2.19. The molecular formula is C9H11FN2O3S2. The topological polar surface area (TPSA) is 90.0 Å². The van der Waals surface area contributed by atoms with Crippen molar-refractivity contribution in [1.82, 2.24) is 0 Å². The Morgan fingerprint density at radius 1 is 1.47 bits per heavy atom. The molecule has 0 atom stereocenters. The SMILES string of the molecule is CCSC1=NS(=O)(=O)c2cc(F)ccc2N1.O. The highest BCUT2D eigenvalue weighted by Gasteiger charge is 2.25. The van der Waals surface area contributed by atoms with E-state index in [2.05, 4.69) is 9.71 Å². The number of hydrogen-bond donors (Lipinski definition) is 1. The largest absolute Gasteiger partial charge is 0.412 e. The van der Waals surface area contributed by atoms with Crippen LogP contribution in [-0.4, -0.2) is 24.8 Å². The van der Waals surface area contributed by atoms with Gasteiger partial charge in [0.05, 0.1) is 5.69 Å². The fourth-order valence-electron chi connectivity index (χ4n) is 1.31. The third-order valence-corrected chi connectivity index (χ3v) is 4.13. The molecule has 8 heteroatoms. The van der Waals surface area contributed by atoms with Gasteiger partial charge in [-0.05, 0) is 24.0 Å². The molecule has 0 aromatic heterocycles. The molecule has 1 aliphatic rings. The van der Waals surface area contributed by atoms with Crippen LogP contribution in [0.5, 0.6) is 0 Å². The van der Waals surface area contributed by atoms with Crippen LogP contribution in [0.15, 0.2) is 27.5 Å². The van der Waals surface area contributed by atoms with Crippen LogP contribution in [0.25, 0.3) is 0 Å². The van der Waals surface area contributed by atoms with E-state index in [9.17, 15) is 12.8 Å². The highest BCUT2D eigenvalue weighted by molar-refractivity contribution is 8.14. The zero-order valence-corrected chi connectivity index (χ0v) is 10.5. The number of hydrogen-bond acceptors (Lipinski definition) is 4. The van der Waals surface area contributed by atoms with Gasteiger partial charge in [-0.3, -0.25) is 0 Å². The standard InChI is InChI=1S/C9H9FN2O2S2.H2O/c1-2-15-9-11-7-4-3-6(10)5-8(7)16(13,14)12-9;/h3-5H,2H2,1H3,(H,11,12);1H2. The summed E-state index contributed by atoms with van der Waals surface area (Å²) >= 11 is 1.29. The summed E-state index contributed by atoms with van der Waals surface area (Å²) in [6.45, 7) is 1.89. The Hall–Kier alpha value is -1.12. The number of rotatable bonds is 1. The first-order valence-corrected chi connectivity index (χ1v) is 7.00. The Balaban J connectivity index is 0.00000144. The Labute approximate surface area is 102 Å². The lowest BCUT2D eigenvalue weighted by Gasteiger charge is -2.16. The minimum Gasteiger partial charge on any atom is -0.412 e. The predicted octanol–water partition coefficient (Wildman–Crippen LogP) is 1.22. The van der Waals surface area contributed by atoms with Crippen molar-refractivity contribution in [3.05, 3.63) is 24.0 Å². The molecule has 0 aliphatic carbocycles. The smallest absolute Gasteiger partial charge is 0.286 e. The fourth-order valence-corrected chi connectivity index (χ4v) is 3.29. The molecule has 94 valence electrons. The van der Waals surface area contributed by atoms with Crippen molar-refractivity contribution < 1.29 is 18.3 Å². The Morgan fingerprint density at radius 3 is 2.82 bits per heavy atom. The van der Waals surface area contributed by atoms with Gasteiger partial charge in [0.1, 0.15) is 10.7 Å². The summed E-state index contributed by atoms with van der Waals surface area (Å²) in [7, 11) is -3.77. The summed E-state index contributed by atoms with van der Waals surface area (Å²) in [6.07, 6.45) is 0. The van der Waals surface area contributed by atoms with E-state index in [1.54, 1.807) is 0 Å². The van der Waals surface area contributed by atoms with Crippen molar-refractivity contribution in [2.75, 3.05) is 11.1 Å². The highest BCUT2D eigenvalue weighted by atomic mass is 32.2. The molecule has 0 fully saturated rings. The van der Waals surface area contributed by atoms with Crippen LogP contribution in [0.2, 0.25) is 0 Å². The van der Waals surface area contributed by atoms with Gasteiger partial charge in [0.15, 0.2) is 5.17 Å². The number of nitrogens with one attached hydrogen (secondary N) is 1. The number of thioether (sulfide) groups is 1. The van der Waals surface area contributed by atoms with Gasteiger partial charge in [-0.15, -0.1) is 4.40 Å². The first-order valence-electron chi connectivity index (χ1n) is 4.57. The third kappa shape index (κ3) is 2.76. The summed E-state index contributed by atoms with van der Waals surface area (Å²) in [5, 5.41) is 3.17. The van der Waals surface area contributed by atoms with Crippen molar-refractivity contribution >= 4 is 32.6 Å². The van der Waals surface area contributed by atoms with Crippen molar-refractivity contribution in [3.8, 4) is 0 Å². The molecular weight excluding hydrogens is 267 g/mol. The number of amidine groups is 1. The molecule has 5 nitrogen and oxygen atoms in total. The van der Waals surface area contributed by atoms with E-state index in [1.807, 2.05) is 6.92 Å². The van der Waals surface area contributed by atoms with Crippen LogP contribution in [0, 0.1) is 5.82 Å². The molecule has 0 unspecified atom stereocenters. The van der Waals surface area contributed by atoms with Crippen molar-refractivity contribution in [2.45, 2.75) is 11.8 Å². The van der Waals surface area contributed by atoms with Crippen LogP contribution >= 0.6 is 11.8 Å². The van der Waals surface area contributed by atoms with Gasteiger partial charge < -0.3 is 10.8 Å². The Kier molecular flexibility index (Phi) is 4.12. The number of nitrogens with zero attached hydrogens (tertiary/aromatic N) is 1. The zero-order valence-electron chi connectivity index (χ0n) is 8.90. The predicted molar refractivity (Wildman–Crippen MR) is 66.4 cm³/mol. The Morgan fingerprint density at radius 2 is 2.18 bits per heavy atom. The quantitative estimate of drug-likeness (QED) is 0.836. The fraction of sp³-hybridized carbons (Fsp3) is 0.222. The maximum atomic E-state index is 12.9. The minimum absolute atomic E-state index is 0. The van der Waals surface area contributed by atoms with Gasteiger partial charge >= 0.3 is 0 Å². The zero-order chi connectivity index (χ0) is 11.8. The molecule has 1 aromatic carbocycles. The summed E-state index contributed by atoms with van der Waals surface area (Å²) in [6, 6.07) is 3.57. The molecule has 3 N–H and O–H groups in total. The first-order chi connectivity index (χ1) is 7.53. The Bertz CT molecular complexity index is 557. The normalized spacial score (nSPS) is 16.2. The van der Waals surface area contributed by atoms with E-state index < -0.39 is 15.8 Å². The highest BCUT2D eigenvalue weighted by Crippen LogP contribution is 2.29. The molecule has 0 saturated carbocycles. The molecule has 1 aromatic rings. The second-order valence-electron chi connectivity index (χ2n) is 3.07. The first kappa shape index (κ1) is 13.9.